The lowest BCUT2D eigenvalue weighted by Crippen LogP contribution is -2.57. The SMILES string of the molecule is C.C1CCOC1.C1CCOC1.C1CCOC1.CC(=O)N(C)[C@H](Cc1c[nH]c2ccccc12)C(=O)NC(C)(C)C(=O)O.CC(=O)N(C)[C@H](Cc1c[nH]c2ccccc12)C(=O)NC(C)(C)C(=O)OCc1ccccc1.CC(=O)OC(C)=O.CC(C)(NC(=O)[C@@H](Cc1c[nH]c2ccccc12)NC=O)C(=O)OCc1ccccc1.CN[C@H](Cc1c[nH]c2ccccc12)C(=O)NC(C)(C)C(=O)OCc1ccccc1.[B].[B].[B][B]. The van der Waals surface area contributed by atoms with Crippen LogP contribution in [0.1, 0.15) is 168 Å². The molecule has 3 aliphatic heterocycles. The molecule has 0 aliphatic carbocycles. The molecule has 0 saturated carbocycles. The summed E-state index contributed by atoms with van der Waals surface area (Å²) in [5.41, 5.74) is 5.14. The zero-order valence-corrected chi connectivity index (χ0v) is 83.8. The highest BCUT2D eigenvalue weighted by atomic mass is 16.6. The third-order valence-electron chi connectivity index (χ3n) is 22.4. The van der Waals surface area contributed by atoms with Gasteiger partial charge in [0.1, 0.15) is 60.1 Å². The van der Waals surface area contributed by atoms with Crippen LogP contribution >= 0.6 is 0 Å². The number of nitrogens with one attached hydrogen (secondary N) is 10. The van der Waals surface area contributed by atoms with E-state index < -0.39 is 99.9 Å². The Hall–Kier alpha value is -13.9. The summed E-state index contributed by atoms with van der Waals surface area (Å²) in [5.74, 6) is -6.00. The van der Waals surface area contributed by atoms with Gasteiger partial charge in [-0.3, -0.25) is 43.2 Å². The number of rotatable bonds is 31. The number of nitrogens with zero attached hydrogens (tertiary/aromatic N) is 2. The normalized spacial score (nSPS) is 13.0. The molecule has 10 radical (unpaired) electrons. The van der Waals surface area contributed by atoms with Gasteiger partial charge in [-0.15, -0.1) is 0 Å². The van der Waals surface area contributed by atoms with Crippen LogP contribution in [0.15, 0.2) is 213 Å². The number of likely N-dealkylation sites (N-methyl/N-ethyl adjacent to an activating group) is 3. The van der Waals surface area contributed by atoms with Crippen LogP contribution in [0.5, 0.6) is 0 Å². The van der Waals surface area contributed by atoms with Crippen LogP contribution in [0.25, 0.3) is 43.6 Å². The number of hydrogen-bond acceptors (Lipinski definition) is 21. The molecule has 14 rings (SSSR count). The number of amides is 7. The van der Waals surface area contributed by atoms with Crippen LogP contribution in [-0.2, 0) is 141 Å². The predicted molar refractivity (Wildman–Crippen MR) is 556 cm³/mol. The minimum atomic E-state index is -1.42. The number of carboxylic acids is 1. The second kappa shape index (κ2) is 63.1. The second-order valence-electron chi connectivity index (χ2n) is 35.2. The van der Waals surface area contributed by atoms with Crippen LogP contribution in [0.3, 0.4) is 0 Å². The number of ether oxygens (including phenoxy) is 7. The largest absolute Gasteiger partial charge is 0.480 e. The highest BCUT2D eigenvalue weighted by Crippen LogP contribution is 2.27. The van der Waals surface area contributed by atoms with Gasteiger partial charge in [0.25, 0.3) is 0 Å². The molecule has 4 aromatic heterocycles. The highest BCUT2D eigenvalue weighted by Gasteiger charge is 2.39. The Morgan fingerprint density at radius 2 is 0.629 bits per heavy atom. The Morgan fingerprint density at radius 1 is 0.385 bits per heavy atom. The van der Waals surface area contributed by atoms with E-state index in [1.165, 1.54) is 96.9 Å². The molecule has 33 nitrogen and oxygen atoms in total. The lowest BCUT2D eigenvalue weighted by atomic mass is 9.81. The number of para-hydroxylation sites is 4. The molecule has 143 heavy (non-hydrogen) atoms. The lowest BCUT2D eigenvalue weighted by molar-refractivity contribution is -0.157. The van der Waals surface area contributed by atoms with Crippen molar-refractivity contribution in [3.8, 4) is 0 Å². The molecule has 37 heteroatoms. The number of aromatic nitrogens is 4. The van der Waals surface area contributed by atoms with E-state index in [-0.39, 0.29) is 74.6 Å². The highest BCUT2D eigenvalue weighted by molar-refractivity contribution is 6.75. The molecule has 7 heterocycles. The fourth-order valence-electron chi connectivity index (χ4n) is 14.2. The van der Waals surface area contributed by atoms with E-state index in [0.29, 0.717) is 19.3 Å². The van der Waals surface area contributed by atoms with Crippen LogP contribution in [0.4, 0.5) is 0 Å². The van der Waals surface area contributed by atoms with Crippen molar-refractivity contribution < 1.29 is 101 Å². The summed E-state index contributed by atoms with van der Waals surface area (Å²) in [6, 6.07) is 56.3. The van der Waals surface area contributed by atoms with E-state index in [2.05, 4.69) is 72.0 Å². The molecule has 760 valence electrons. The Labute approximate surface area is 844 Å². The van der Waals surface area contributed by atoms with E-state index in [0.717, 1.165) is 122 Å². The third-order valence-corrected chi connectivity index (χ3v) is 22.4. The fourth-order valence-corrected chi connectivity index (χ4v) is 14.2. The molecular formula is C106H138B4N12O21. The Kier molecular flexibility index (Phi) is 54.4. The number of carbonyl (C=O) groups excluding carboxylic acids is 12. The van der Waals surface area contributed by atoms with Gasteiger partial charge in [0.05, 0.1) is 6.04 Å². The van der Waals surface area contributed by atoms with Crippen molar-refractivity contribution in [3.05, 3.63) is 252 Å². The summed E-state index contributed by atoms with van der Waals surface area (Å²) < 4.78 is 35.0. The number of carboxylic acid groups (broad SMARTS) is 1. The number of hydrogen-bond donors (Lipinski definition) is 11. The predicted octanol–water partition coefficient (Wildman–Crippen LogP) is 11.7. The van der Waals surface area contributed by atoms with Crippen molar-refractivity contribution in [3.63, 3.8) is 0 Å². The number of aromatic amines is 4. The first-order valence-corrected chi connectivity index (χ1v) is 46.2. The van der Waals surface area contributed by atoms with Gasteiger partial charge in [0.2, 0.25) is 41.9 Å². The maximum absolute atomic E-state index is 13.2. The molecule has 0 unspecified atom stereocenters. The Bertz CT molecular complexity index is 5720. The molecule has 0 spiro atoms. The van der Waals surface area contributed by atoms with Gasteiger partial charge < -0.3 is 99.9 Å². The standard InChI is InChI=1S/C25H29N3O4.C23H25N3O4.C23H27N3O3.C18H23N3O4.C4H6O3.3C4H8O.CH4.B2.2B/c1-17(29)28(4)22(14-19-15-26-21-13-9-8-12-20(19)21)23(30)27-25(2,3)24(31)32-16-18-10-6-5-7-11-18;1-23(2,22(29)30-14-16-8-4-3-5-9-16)26-21(28)20(25-15-27)12-17-13-24-19-11-7-6-10-18(17)19;1-23(2,22(28)29-15-16-9-5-4-6-10-16)26-21(27)20(24-3)13-17-14-25-19-12-8-7-11-18(17)19;1-11(22)21(4)15(16(23)20-18(2,3)17(24)25)9-12-10-19-14-8-6-5-7-13(12)14;1-3(5)7-4(2)6;3*1-2-4-5-3-1;;1-2;;/h5-13,15,22,26H,14,16H2,1-4H3,(H,27,30);3-11,13,15,20,24H,12,14H2,1-2H3,(H,25,27)(H,26,28);4-12,14,20,24-25H,13,15H2,1-3H3,(H,26,27);5-8,10,15,19H,9H2,1-4H3,(H,20,23)(H,24,25);1-2H3;3*1-4H2;1H4;;;/t22-;2*20-;15-;;;;;;;;/m1111......../s1. The van der Waals surface area contributed by atoms with Crippen molar-refractivity contribution in [2.75, 3.05) is 60.8 Å². The minimum absolute atomic E-state index is 0. The molecule has 11 N–H and O–H groups in total. The van der Waals surface area contributed by atoms with Gasteiger partial charge in [0, 0.05) is 201 Å². The summed E-state index contributed by atoms with van der Waals surface area (Å²) >= 11 is 0. The molecule has 3 saturated heterocycles. The average Bonchev–Trinajstić information content (AvgIpc) is 1.83. The Morgan fingerprint density at radius 3 is 0.867 bits per heavy atom. The van der Waals surface area contributed by atoms with Gasteiger partial charge >= 0.3 is 35.8 Å². The summed E-state index contributed by atoms with van der Waals surface area (Å²) in [6.45, 7) is 24.0. The van der Waals surface area contributed by atoms with Crippen molar-refractivity contribution in [1.82, 2.24) is 61.6 Å². The van der Waals surface area contributed by atoms with E-state index in [1.807, 2.05) is 207 Å². The number of H-pyrrole nitrogens is 4. The van der Waals surface area contributed by atoms with Crippen LogP contribution < -0.4 is 31.9 Å². The fraction of sp³-hybridized carbons (Fsp3) is 0.406. The van der Waals surface area contributed by atoms with Gasteiger partial charge in [-0.05, 0) is 171 Å². The molecule has 3 fully saturated rings. The quantitative estimate of drug-likeness (QED) is 0.00632. The van der Waals surface area contributed by atoms with Gasteiger partial charge in [-0.2, -0.15) is 0 Å². The number of carbonyl (C=O) groups is 13. The summed E-state index contributed by atoms with van der Waals surface area (Å²) in [5, 5.41) is 29.6. The van der Waals surface area contributed by atoms with E-state index in [1.54, 1.807) is 61.8 Å². The van der Waals surface area contributed by atoms with Crippen molar-refractivity contribution in [1.29, 1.82) is 0 Å². The molecule has 11 aromatic rings. The molecular weight excluding hydrogens is 1820 g/mol. The van der Waals surface area contributed by atoms with E-state index >= 15 is 0 Å². The number of aliphatic carboxylic acids is 1. The van der Waals surface area contributed by atoms with Crippen molar-refractivity contribution >= 4 is 154 Å². The zero-order valence-electron chi connectivity index (χ0n) is 83.8. The molecule has 7 aromatic carbocycles. The molecule has 3 aliphatic rings. The van der Waals surface area contributed by atoms with Crippen LogP contribution in [0, 0.1) is 0 Å². The molecule has 7 amide bonds. The first kappa shape index (κ1) is 123. The zero-order chi connectivity index (χ0) is 103. The smallest absolute Gasteiger partial charge is 0.331 e. The minimum Gasteiger partial charge on any atom is -0.480 e. The molecule has 4 atom stereocenters. The van der Waals surface area contributed by atoms with Crippen molar-refractivity contribution in [2.24, 2.45) is 0 Å². The Balaban J connectivity index is 0.000000450. The summed E-state index contributed by atoms with van der Waals surface area (Å²) in [4.78, 5) is 171. The van der Waals surface area contributed by atoms with Crippen molar-refractivity contribution in [2.45, 2.75) is 221 Å². The first-order valence-electron chi connectivity index (χ1n) is 46.2. The number of benzene rings is 7. The first-order chi connectivity index (χ1) is 66.7. The van der Waals surface area contributed by atoms with Crippen LogP contribution in [0.2, 0.25) is 0 Å². The lowest BCUT2D eigenvalue weighted by Gasteiger charge is -2.31. The molecule has 0 bridgehead atoms. The van der Waals surface area contributed by atoms with Gasteiger partial charge in [-0.25, -0.2) is 19.2 Å². The van der Waals surface area contributed by atoms with Crippen LogP contribution in [-0.4, -0.2) is 252 Å². The summed E-state index contributed by atoms with van der Waals surface area (Å²) in [7, 11) is 12.9. The average molecular weight is 1960 g/mol. The number of fused-ring (bicyclic) bond motifs is 4. The maximum Gasteiger partial charge on any atom is 0.331 e. The maximum atomic E-state index is 13.2. The monoisotopic (exact) mass is 1960 g/mol. The topological polar surface area (TPSA) is 449 Å². The second-order valence-corrected chi connectivity index (χ2v) is 35.2. The van der Waals surface area contributed by atoms with E-state index in [9.17, 15) is 67.4 Å². The van der Waals surface area contributed by atoms with Gasteiger partial charge in [-0.1, -0.05) is 171 Å². The van der Waals surface area contributed by atoms with Gasteiger partial charge in [0.15, 0.2) is 0 Å². The third kappa shape index (κ3) is 41.7. The number of esters is 5. The summed E-state index contributed by atoms with van der Waals surface area (Å²) in [6.07, 6.45) is 16.9. The van der Waals surface area contributed by atoms with E-state index in [4.69, 9.17) is 28.4 Å².